The molecule has 2 N–H and O–H groups in total. The van der Waals surface area contributed by atoms with Crippen molar-refractivity contribution in [3.63, 3.8) is 0 Å². The molecule has 0 spiro atoms. The zero-order valence-corrected chi connectivity index (χ0v) is 12.4. The van der Waals surface area contributed by atoms with Gasteiger partial charge in [0.1, 0.15) is 0 Å². The van der Waals surface area contributed by atoms with Crippen LogP contribution in [0.15, 0.2) is 24.3 Å². The molecule has 3 nitrogen and oxygen atoms in total. The molecular weight excluding hydrogens is 248 g/mol. The van der Waals surface area contributed by atoms with Crippen molar-refractivity contribution in [2.24, 2.45) is 5.92 Å². The number of hydrogen-bond acceptors (Lipinski definition) is 1. The lowest BCUT2D eigenvalue weighted by atomic mass is 9.85. The monoisotopic (exact) mass is 270 g/mol. The largest absolute Gasteiger partial charge is 0.358 e. The predicted molar refractivity (Wildman–Crippen MR) is 81.7 cm³/mol. The number of nitrogens with one attached hydrogen (secondary N) is 2. The standard InChI is InChI=1S/C17H22N2O/c1-17(2,3)19-16(20)11-8-9-15-13(10-11)12-6-4-5-7-14(12)18-15/h4-7,11,18H,8-10H2,1-3H3,(H,19,20). The molecule has 0 fully saturated rings. The summed E-state index contributed by atoms with van der Waals surface area (Å²) in [5.41, 5.74) is 3.68. The molecule has 1 heterocycles. The van der Waals surface area contributed by atoms with E-state index in [1.807, 2.05) is 26.8 Å². The van der Waals surface area contributed by atoms with Gasteiger partial charge >= 0.3 is 0 Å². The SMILES string of the molecule is CC(C)(C)NC(=O)C1CCc2[nH]c3ccccc3c2C1. The first kappa shape index (κ1) is 13.2. The second-order valence-corrected chi connectivity index (χ2v) is 6.81. The van der Waals surface area contributed by atoms with Crippen molar-refractivity contribution in [1.29, 1.82) is 0 Å². The van der Waals surface area contributed by atoms with Crippen molar-refractivity contribution in [1.82, 2.24) is 10.3 Å². The van der Waals surface area contributed by atoms with E-state index in [-0.39, 0.29) is 17.4 Å². The number of carbonyl (C=O) groups excluding carboxylic acids is 1. The van der Waals surface area contributed by atoms with Crippen LogP contribution >= 0.6 is 0 Å². The van der Waals surface area contributed by atoms with Gasteiger partial charge in [-0.1, -0.05) is 18.2 Å². The number of H-pyrrole nitrogens is 1. The minimum Gasteiger partial charge on any atom is -0.358 e. The molecule has 1 amide bonds. The Morgan fingerprint density at radius 1 is 1.30 bits per heavy atom. The third-order valence-corrected chi connectivity index (χ3v) is 3.96. The molecule has 1 aromatic carbocycles. The lowest BCUT2D eigenvalue weighted by Crippen LogP contribution is -2.45. The maximum atomic E-state index is 12.4. The first-order valence-electron chi connectivity index (χ1n) is 7.34. The molecule has 20 heavy (non-hydrogen) atoms. The van der Waals surface area contributed by atoms with Gasteiger partial charge < -0.3 is 10.3 Å². The number of hydrogen-bond donors (Lipinski definition) is 2. The van der Waals surface area contributed by atoms with Gasteiger partial charge in [0, 0.05) is 28.1 Å². The van der Waals surface area contributed by atoms with E-state index in [4.69, 9.17) is 0 Å². The third kappa shape index (κ3) is 2.45. The summed E-state index contributed by atoms with van der Waals surface area (Å²) in [6.07, 6.45) is 2.75. The van der Waals surface area contributed by atoms with Crippen LogP contribution in [0, 0.1) is 5.92 Å². The number of carbonyl (C=O) groups is 1. The van der Waals surface area contributed by atoms with Crippen LogP contribution < -0.4 is 5.32 Å². The van der Waals surface area contributed by atoms with Crippen LogP contribution in [-0.4, -0.2) is 16.4 Å². The Balaban J connectivity index is 1.86. The molecule has 2 aromatic rings. The Labute approximate surface area is 119 Å². The molecular formula is C17H22N2O. The molecule has 1 aromatic heterocycles. The minimum atomic E-state index is -0.155. The average Bonchev–Trinajstić information content (AvgIpc) is 2.74. The fourth-order valence-electron chi connectivity index (χ4n) is 3.06. The quantitative estimate of drug-likeness (QED) is 0.821. The molecule has 0 saturated heterocycles. The number of fused-ring (bicyclic) bond motifs is 3. The van der Waals surface area contributed by atoms with E-state index < -0.39 is 0 Å². The van der Waals surface area contributed by atoms with Crippen molar-refractivity contribution < 1.29 is 4.79 Å². The van der Waals surface area contributed by atoms with E-state index in [0.717, 1.165) is 19.3 Å². The van der Waals surface area contributed by atoms with Crippen LogP contribution in [0.25, 0.3) is 10.9 Å². The number of benzene rings is 1. The summed E-state index contributed by atoms with van der Waals surface area (Å²) in [5.74, 6) is 0.286. The summed E-state index contributed by atoms with van der Waals surface area (Å²) in [6, 6.07) is 8.37. The van der Waals surface area contributed by atoms with E-state index in [0.29, 0.717) is 0 Å². The van der Waals surface area contributed by atoms with Crippen molar-refractivity contribution in [3.05, 3.63) is 35.5 Å². The fourth-order valence-corrected chi connectivity index (χ4v) is 3.06. The highest BCUT2D eigenvalue weighted by atomic mass is 16.2. The van der Waals surface area contributed by atoms with Crippen LogP contribution in [0.2, 0.25) is 0 Å². The molecule has 1 aliphatic rings. The highest BCUT2D eigenvalue weighted by molar-refractivity contribution is 5.87. The number of aromatic nitrogens is 1. The van der Waals surface area contributed by atoms with Gasteiger partial charge in [-0.25, -0.2) is 0 Å². The normalized spacial score (nSPS) is 18.9. The fraction of sp³-hybridized carbons (Fsp3) is 0.471. The van der Waals surface area contributed by atoms with Gasteiger partial charge in [-0.15, -0.1) is 0 Å². The molecule has 0 bridgehead atoms. The molecule has 1 atom stereocenters. The Morgan fingerprint density at radius 3 is 2.80 bits per heavy atom. The molecule has 106 valence electrons. The number of rotatable bonds is 1. The zero-order valence-electron chi connectivity index (χ0n) is 12.4. The summed E-state index contributed by atoms with van der Waals surface area (Å²) in [5, 5.41) is 4.38. The first-order chi connectivity index (χ1) is 9.44. The zero-order chi connectivity index (χ0) is 14.3. The number of aromatic amines is 1. The minimum absolute atomic E-state index is 0.0981. The molecule has 0 saturated carbocycles. The van der Waals surface area contributed by atoms with Gasteiger partial charge in [0.05, 0.1) is 0 Å². The summed E-state index contributed by atoms with van der Waals surface area (Å²) >= 11 is 0. The summed E-state index contributed by atoms with van der Waals surface area (Å²) in [4.78, 5) is 15.9. The second-order valence-electron chi connectivity index (χ2n) is 6.81. The van der Waals surface area contributed by atoms with E-state index in [1.165, 1.54) is 22.2 Å². The van der Waals surface area contributed by atoms with Gasteiger partial charge in [0.15, 0.2) is 0 Å². The maximum Gasteiger partial charge on any atom is 0.223 e. The summed E-state index contributed by atoms with van der Waals surface area (Å²) in [6.45, 7) is 6.10. The van der Waals surface area contributed by atoms with Gasteiger partial charge in [0.25, 0.3) is 0 Å². The smallest absolute Gasteiger partial charge is 0.223 e. The summed E-state index contributed by atoms with van der Waals surface area (Å²) in [7, 11) is 0. The highest BCUT2D eigenvalue weighted by Crippen LogP contribution is 2.31. The molecule has 1 unspecified atom stereocenters. The van der Waals surface area contributed by atoms with Crippen LogP contribution in [-0.2, 0) is 17.6 Å². The lowest BCUT2D eigenvalue weighted by molar-refractivity contribution is -0.126. The van der Waals surface area contributed by atoms with E-state index in [1.54, 1.807) is 0 Å². The van der Waals surface area contributed by atoms with Gasteiger partial charge in [-0.05, 0) is 51.7 Å². The van der Waals surface area contributed by atoms with Crippen molar-refractivity contribution in [3.8, 4) is 0 Å². The van der Waals surface area contributed by atoms with Gasteiger partial charge in [-0.3, -0.25) is 4.79 Å². The van der Waals surface area contributed by atoms with E-state index in [2.05, 4.69) is 28.5 Å². The van der Waals surface area contributed by atoms with E-state index in [9.17, 15) is 4.79 Å². The number of amides is 1. The van der Waals surface area contributed by atoms with Gasteiger partial charge in [0.2, 0.25) is 5.91 Å². The Morgan fingerprint density at radius 2 is 2.05 bits per heavy atom. The first-order valence-corrected chi connectivity index (χ1v) is 7.34. The van der Waals surface area contributed by atoms with Crippen LogP contribution in [0.5, 0.6) is 0 Å². The molecule has 1 aliphatic carbocycles. The second kappa shape index (κ2) is 4.65. The van der Waals surface area contributed by atoms with Crippen LogP contribution in [0.4, 0.5) is 0 Å². The molecule has 0 radical (unpaired) electrons. The Bertz CT molecular complexity index is 649. The average molecular weight is 270 g/mol. The van der Waals surface area contributed by atoms with Crippen LogP contribution in [0.3, 0.4) is 0 Å². The topological polar surface area (TPSA) is 44.9 Å². The van der Waals surface area contributed by atoms with Crippen molar-refractivity contribution in [2.75, 3.05) is 0 Å². The predicted octanol–water partition coefficient (Wildman–Crippen LogP) is 3.19. The Kier molecular flexibility index (Phi) is 3.08. The third-order valence-electron chi connectivity index (χ3n) is 3.96. The van der Waals surface area contributed by atoms with Crippen molar-refractivity contribution in [2.45, 2.75) is 45.6 Å². The van der Waals surface area contributed by atoms with Crippen LogP contribution in [0.1, 0.15) is 38.4 Å². The number of para-hydroxylation sites is 1. The molecule has 0 aliphatic heterocycles. The molecule has 3 heteroatoms. The van der Waals surface area contributed by atoms with E-state index >= 15 is 0 Å². The summed E-state index contributed by atoms with van der Waals surface area (Å²) < 4.78 is 0. The lowest BCUT2D eigenvalue weighted by Gasteiger charge is -2.27. The maximum absolute atomic E-state index is 12.4. The van der Waals surface area contributed by atoms with Crippen molar-refractivity contribution >= 4 is 16.8 Å². The highest BCUT2D eigenvalue weighted by Gasteiger charge is 2.28. The molecule has 3 rings (SSSR count). The van der Waals surface area contributed by atoms with Gasteiger partial charge in [-0.2, -0.15) is 0 Å². The number of aryl methyl sites for hydroxylation is 1. The Hall–Kier alpha value is -1.77.